The van der Waals surface area contributed by atoms with Crippen LogP contribution in [-0.2, 0) is 10.8 Å². The van der Waals surface area contributed by atoms with E-state index in [-0.39, 0.29) is 16.6 Å². The maximum atomic E-state index is 11.0. The lowest BCUT2D eigenvalue weighted by molar-refractivity contribution is 0.112. The van der Waals surface area contributed by atoms with Crippen molar-refractivity contribution in [2.45, 2.75) is 52.4 Å². The lowest BCUT2D eigenvalue weighted by Gasteiger charge is -2.26. The van der Waals surface area contributed by atoms with E-state index >= 15 is 0 Å². The zero-order valence-corrected chi connectivity index (χ0v) is 16.2. The number of hydrogen-bond donors (Lipinski definition) is 1. The van der Waals surface area contributed by atoms with Crippen LogP contribution in [0.15, 0.2) is 12.1 Å². The van der Waals surface area contributed by atoms with Gasteiger partial charge in [-0.1, -0.05) is 47.6 Å². The Kier molecular flexibility index (Phi) is 8.94. The maximum Gasteiger partial charge on any atom is 0.153 e. The summed E-state index contributed by atoms with van der Waals surface area (Å²) in [6, 6.07) is 3.78. The highest BCUT2D eigenvalue weighted by molar-refractivity contribution is 7.89. The van der Waals surface area contributed by atoms with Crippen molar-refractivity contribution < 1.29 is 9.90 Å². The first kappa shape index (κ1) is 24.2. The first-order valence-electron chi connectivity index (χ1n) is 8.24. The van der Waals surface area contributed by atoms with E-state index in [9.17, 15) is 9.90 Å². The van der Waals surface area contributed by atoms with Gasteiger partial charge in [-0.15, -0.1) is 0 Å². The van der Waals surface area contributed by atoms with Gasteiger partial charge >= 0.3 is 0 Å². The quantitative estimate of drug-likeness (QED) is 0.659. The number of benzene rings is 1. The highest BCUT2D eigenvalue weighted by atomic mass is 16.3. The zero-order valence-electron chi connectivity index (χ0n) is 16.2. The average molecular weight is 321 g/mol. The number of carbonyl (C=O) groups excluding carboxylic acids is 1. The van der Waals surface area contributed by atoms with Gasteiger partial charge < -0.3 is 5.11 Å². The molecule has 0 heterocycles. The summed E-state index contributed by atoms with van der Waals surface area (Å²) in [6.07, 6.45) is -1.06. The van der Waals surface area contributed by atoms with E-state index in [0.717, 1.165) is 17.4 Å². The van der Waals surface area contributed by atoms with Crippen LogP contribution in [0, 0.1) is 0 Å². The van der Waals surface area contributed by atoms with E-state index in [0.29, 0.717) is 5.56 Å². The summed E-state index contributed by atoms with van der Waals surface area (Å²) in [6.45, 7) is 12.4. The third-order valence-corrected chi connectivity index (χ3v) is 3.83. The molecule has 1 N–H and O–H groups in total. The number of phenols is 1. The van der Waals surface area contributed by atoms with Crippen molar-refractivity contribution >= 4 is 64.1 Å². The Bertz CT molecular complexity index is 568. The molecule has 10 radical (unpaired) electrons. The Morgan fingerprint density at radius 3 is 1.56 bits per heavy atom. The van der Waals surface area contributed by atoms with E-state index < -0.39 is 19.2 Å². The number of rotatable bonds is 3. The fraction of sp³-hybridized carbons (Fsp3) is 0.533. The van der Waals surface area contributed by atoms with Crippen molar-refractivity contribution in [2.75, 3.05) is 0 Å². The van der Waals surface area contributed by atoms with Crippen molar-refractivity contribution in [1.29, 1.82) is 0 Å². The van der Waals surface area contributed by atoms with Crippen molar-refractivity contribution in [3.8, 4) is 5.75 Å². The molecule has 1 rings (SSSR count). The standard InChI is InChI=1S/C15H22O2.B8/c1-14(2,3)11-7-10(9-16)13(17)12(8-11)15(4,5)6;1-6(2)8(5)7(3)4/h7-9,17H,1-6H3;. The summed E-state index contributed by atoms with van der Waals surface area (Å²) in [5, 5.41) is 10.1. The highest BCUT2D eigenvalue weighted by Crippen LogP contribution is 2.36. The van der Waals surface area contributed by atoms with Crippen LogP contribution < -0.4 is 0 Å². The molecule has 118 valence electrons. The fourth-order valence-corrected chi connectivity index (χ4v) is 2.01. The normalized spacial score (nSPS) is 11.1. The lowest BCUT2D eigenvalue weighted by atomic mass is 8.68. The van der Waals surface area contributed by atoms with E-state index in [1.165, 1.54) is 0 Å². The van der Waals surface area contributed by atoms with Crippen molar-refractivity contribution in [3.63, 3.8) is 0 Å². The molecule has 0 aliphatic carbocycles. The smallest absolute Gasteiger partial charge is 0.153 e. The molecule has 10 heteroatoms. The molecule has 1 aromatic carbocycles. The average Bonchev–Trinajstić information content (AvgIpc) is 2.44. The molecule has 0 saturated heterocycles. The third kappa shape index (κ3) is 7.54. The van der Waals surface area contributed by atoms with Crippen LogP contribution in [0.25, 0.3) is 0 Å². The maximum absolute atomic E-state index is 11.0. The summed E-state index contributed by atoms with van der Waals surface area (Å²) in [5.41, 5.74) is 2.06. The molecular weight excluding hydrogens is 299 g/mol. The van der Waals surface area contributed by atoms with E-state index in [4.69, 9.17) is 38.7 Å². The molecule has 0 atom stereocenters. The van der Waals surface area contributed by atoms with Crippen LogP contribution >= 0.6 is 0 Å². The van der Waals surface area contributed by atoms with E-state index in [1.54, 1.807) is 6.07 Å². The first-order chi connectivity index (χ1) is 11.1. The van der Waals surface area contributed by atoms with Crippen LogP contribution in [0.3, 0.4) is 0 Å². The molecular formula is C15H22B8O2. The third-order valence-electron chi connectivity index (χ3n) is 3.83. The minimum absolute atomic E-state index is 0.0362. The Labute approximate surface area is 161 Å². The highest BCUT2D eigenvalue weighted by Gasteiger charge is 2.24. The second-order valence-corrected chi connectivity index (χ2v) is 8.31. The van der Waals surface area contributed by atoms with Crippen molar-refractivity contribution in [1.82, 2.24) is 0 Å². The molecule has 0 unspecified atom stereocenters. The van der Waals surface area contributed by atoms with Crippen LogP contribution in [0.1, 0.15) is 63.0 Å². The topological polar surface area (TPSA) is 37.3 Å². The summed E-state index contributed by atoms with van der Waals surface area (Å²) >= 11 is 0. The molecule has 25 heavy (non-hydrogen) atoms. The van der Waals surface area contributed by atoms with Gasteiger partial charge in [0.05, 0.1) is 5.56 Å². The number of aldehydes is 1. The van der Waals surface area contributed by atoms with Gasteiger partial charge in [-0.05, 0) is 22.5 Å². The monoisotopic (exact) mass is 322 g/mol. The van der Waals surface area contributed by atoms with E-state index in [2.05, 4.69) is 20.8 Å². The number of carbonyl (C=O) groups is 1. The Balaban J connectivity index is 0.000000609. The molecule has 0 aliphatic rings. The second-order valence-electron chi connectivity index (χ2n) is 8.31. The molecule has 0 aliphatic heterocycles. The lowest BCUT2D eigenvalue weighted by Crippen LogP contribution is -2.52. The fourth-order valence-electron chi connectivity index (χ4n) is 2.01. The Morgan fingerprint density at radius 2 is 1.32 bits per heavy atom. The molecule has 0 spiro atoms. The Morgan fingerprint density at radius 1 is 0.880 bits per heavy atom. The molecule has 0 fully saturated rings. The van der Waals surface area contributed by atoms with Crippen LogP contribution in [0.4, 0.5) is 0 Å². The molecule has 1 aromatic rings. The summed E-state index contributed by atoms with van der Waals surface area (Å²) in [5.74, 6) is 0.112. The van der Waals surface area contributed by atoms with Gasteiger partial charge in [0.15, 0.2) is 6.29 Å². The first-order valence-corrected chi connectivity index (χ1v) is 8.24. The minimum Gasteiger partial charge on any atom is -0.507 e. The zero-order chi connectivity index (χ0) is 20.2. The summed E-state index contributed by atoms with van der Waals surface area (Å²) < 4.78 is 0. The van der Waals surface area contributed by atoms with Crippen LogP contribution in [-0.4, -0.2) is 69.2 Å². The SMILES string of the molecule is CC(C)(C)c1cc(C=O)c(O)c(C(C)(C)C)c1.[B]B([B])B([B])B([B])[B]. The van der Waals surface area contributed by atoms with Crippen LogP contribution in [0.5, 0.6) is 5.75 Å². The molecule has 0 aromatic heterocycles. The molecule has 0 amide bonds. The van der Waals surface area contributed by atoms with Crippen molar-refractivity contribution in [3.05, 3.63) is 28.8 Å². The molecule has 2 nitrogen and oxygen atoms in total. The summed E-state index contributed by atoms with van der Waals surface area (Å²) in [7, 11) is 25.8. The van der Waals surface area contributed by atoms with E-state index in [1.807, 2.05) is 26.8 Å². The number of phenolic OH excluding ortho intramolecular Hbond substituents is 1. The Hall–Kier alpha value is -0.791. The minimum atomic E-state index is -0.630. The predicted octanol–water partition coefficient (Wildman–Crippen LogP) is 0.753. The largest absolute Gasteiger partial charge is 0.507 e. The van der Waals surface area contributed by atoms with Gasteiger partial charge in [0.25, 0.3) is 0 Å². The number of hydrogen-bond acceptors (Lipinski definition) is 2. The second kappa shape index (κ2) is 9.23. The van der Waals surface area contributed by atoms with Gasteiger partial charge in [0.2, 0.25) is 0 Å². The summed E-state index contributed by atoms with van der Waals surface area (Å²) in [4.78, 5) is 11.0. The van der Waals surface area contributed by atoms with Gasteiger partial charge in [0.1, 0.15) is 5.75 Å². The van der Waals surface area contributed by atoms with Crippen LogP contribution in [0.2, 0.25) is 0 Å². The number of aromatic hydroxyl groups is 1. The van der Waals surface area contributed by atoms with Gasteiger partial charge in [-0.2, -0.15) is 0 Å². The molecule has 0 bridgehead atoms. The van der Waals surface area contributed by atoms with Gasteiger partial charge in [-0.25, -0.2) is 0 Å². The predicted molar refractivity (Wildman–Crippen MR) is 117 cm³/mol. The van der Waals surface area contributed by atoms with Gasteiger partial charge in [0, 0.05) is 63.4 Å². The van der Waals surface area contributed by atoms with Crippen molar-refractivity contribution in [2.24, 2.45) is 0 Å². The van der Waals surface area contributed by atoms with Gasteiger partial charge in [-0.3, -0.25) is 4.79 Å². The molecule has 0 saturated carbocycles.